The molecule has 4 bridgehead atoms. The molecule has 186 valence electrons. The molecule has 1 aromatic carbocycles. The van der Waals surface area contributed by atoms with Crippen LogP contribution in [0.3, 0.4) is 0 Å². The standard InChI is InChI=1S/C26H32N4O4S/c27-22(31)24-12-17-11-18(13-24)15-25(14-17,16-24)29-23(32)26(8-1-2-9-26)30-35(33,34)20-7-3-5-19-6-4-10-28-21(19)20/h3-7,10,17-18,30H,1-2,8-9,11-16H2,(H2,27,31)(H,29,32). The number of nitrogens with one attached hydrogen (secondary N) is 2. The van der Waals surface area contributed by atoms with Gasteiger partial charge in [-0.1, -0.05) is 31.0 Å². The number of nitrogens with two attached hydrogens (primary N) is 1. The first kappa shape index (κ1) is 22.9. The number of pyridine rings is 1. The van der Waals surface area contributed by atoms with Crippen LogP contribution < -0.4 is 15.8 Å². The number of hydrogen-bond acceptors (Lipinski definition) is 5. The lowest BCUT2D eigenvalue weighted by atomic mass is 9.46. The molecule has 1 heterocycles. The fraction of sp³-hybridized carbons (Fsp3) is 0.577. The summed E-state index contributed by atoms with van der Waals surface area (Å²) in [5.41, 5.74) is 4.02. The molecule has 0 radical (unpaired) electrons. The number of rotatable bonds is 6. The predicted molar refractivity (Wildman–Crippen MR) is 130 cm³/mol. The number of para-hydroxylation sites is 1. The molecule has 8 nitrogen and oxygen atoms in total. The zero-order chi connectivity index (χ0) is 24.5. The van der Waals surface area contributed by atoms with Crippen LogP contribution in [0.1, 0.15) is 64.2 Å². The van der Waals surface area contributed by atoms with Crippen molar-refractivity contribution in [3.8, 4) is 0 Å². The molecule has 2 unspecified atom stereocenters. The number of primary amides is 1. The van der Waals surface area contributed by atoms with E-state index in [4.69, 9.17) is 5.73 Å². The third-order valence-electron chi connectivity index (χ3n) is 9.07. The van der Waals surface area contributed by atoms with E-state index in [0.29, 0.717) is 36.6 Å². The second-order valence-electron chi connectivity index (χ2n) is 11.6. The van der Waals surface area contributed by atoms with Gasteiger partial charge in [-0.15, -0.1) is 0 Å². The van der Waals surface area contributed by atoms with E-state index in [0.717, 1.165) is 50.3 Å². The second-order valence-corrected chi connectivity index (χ2v) is 13.2. The molecular formula is C26H32N4O4S. The molecule has 2 amide bonds. The van der Waals surface area contributed by atoms with E-state index in [1.165, 1.54) is 6.07 Å². The van der Waals surface area contributed by atoms with Crippen LogP contribution in [0, 0.1) is 17.3 Å². The highest BCUT2D eigenvalue weighted by atomic mass is 32.2. The summed E-state index contributed by atoms with van der Waals surface area (Å²) in [6, 6.07) is 8.64. The van der Waals surface area contributed by atoms with Gasteiger partial charge in [0.2, 0.25) is 21.8 Å². The molecule has 0 aliphatic heterocycles. The Morgan fingerprint density at radius 2 is 1.69 bits per heavy atom. The highest BCUT2D eigenvalue weighted by Crippen LogP contribution is 2.61. The molecule has 4 N–H and O–H groups in total. The van der Waals surface area contributed by atoms with Crippen LogP contribution in [0.2, 0.25) is 0 Å². The number of sulfonamides is 1. The monoisotopic (exact) mass is 496 g/mol. The largest absolute Gasteiger partial charge is 0.369 e. The summed E-state index contributed by atoms with van der Waals surface area (Å²) in [5.74, 6) is 0.224. The lowest BCUT2D eigenvalue weighted by Gasteiger charge is -2.61. The maximum atomic E-state index is 13.9. The molecular weight excluding hydrogens is 464 g/mol. The van der Waals surface area contributed by atoms with Crippen molar-refractivity contribution in [3.63, 3.8) is 0 Å². The molecule has 5 aliphatic carbocycles. The SMILES string of the molecule is NC(=O)C12CC3CC(CC(NC(=O)C4(NS(=O)(=O)c5cccc6cccnc56)CCCC4)(C3)C1)C2. The summed E-state index contributed by atoms with van der Waals surface area (Å²) < 4.78 is 30.1. The highest BCUT2D eigenvalue weighted by Gasteiger charge is 2.61. The molecule has 5 saturated carbocycles. The van der Waals surface area contributed by atoms with E-state index < -0.39 is 26.5 Å². The minimum atomic E-state index is -4.01. The number of fused-ring (bicyclic) bond motifs is 1. The summed E-state index contributed by atoms with van der Waals surface area (Å²) >= 11 is 0. The number of aromatic nitrogens is 1. The van der Waals surface area contributed by atoms with Crippen molar-refractivity contribution >= 4 is 32.7 Å². The van der Waals surface area contributed by atoms with Crippen LogP contribution in [-0.2, 0) is 19.6 Å². The maximum Gasteiger partial charge on any atom is 0.243 e. The average molecular weight is 497 g/mol. The van der Waals surface area contributed by atoms with E-state index in [-0.39, 0.29) is 16.7 Å². The highest BCUT2D eigenvalue weighted by molar-refractivity contribution is 7.89. The lowest BCUT2D eigenvalue weighted by Crippen LogP contribution is -2.69. The zero-order valence-electron chi connectivity index (χ0n) is 19.8. The number of hydrogen-bond donors (Lipinski definition) is 3. The zero-order valence-corrected chi connectivity index (χ0v) is 20.6. The first-order valence-corrected chi connectivity index (χ1v) is 14.1. The molecule has 2 aromatic rings. The van der Waals surface area contributed by atoms with Crippen molar-refractivity contribution in [1.29, 1.82) is 0 Å². The molecule has 5 aliphatic rings. The van der Waals surface area contributed by atoms with E-state index in [1.54, 1.807) is 18.3 Å². The quantitative estimate of drug-likeness (QED) is 0.566. The fourth-order valence-electron chi connectivity index (χ4n) is 8.02. The van der Waals surface area contributed by atoms with E-state index in [1.807, 2.05) is 12.1 Å². The molecule has 7 rings (SSSR count). The van der Waals surface area contributed by atoms with Crippen LogP contribution in [-0.4, -0.2) is 36.3 Å². The number of carbonyl (C=O) groups is 2. The summed E-state index contributed by atoms with van der Waals surface area (Å²) in [4.78, 5) is 30.8. The first-order valence-electron chi connectivity index (χ1n) is 12.6. The van der Waals surface area contributed by atoms with Crippen molar-refractivity contribution in [2.45, 2.75) is 80.2 Å². The minimum absolute atomic E-state index is 0.0807. The Morgan fingerprint density at radius 1 is 1.00 bits per heavy atom. The summed E-state index contributed by atoms with van der Waals surface area (Å²) in [6.45, 7) is 0. The van der Waals surface area contributed by atoms with Crippen molar-refractivity contribution < 1.29 is 18.0 Å². The topological polar surface area (TPSA) is 131 Å². The molecule has 0 spiro atoms. The summed E-state index contributed by atoms with van der Waals surface area (Å²) in [7, 11) is -4.01. The number of nitrogens with zero attached hydrogens (tertiary/aromatic N) is 1. The van der Waals surface area contributed by atoms with Gasteiger partial charge >= 0.3 is 0 Å². The van der Waals surface area contributed by atoms with Gasteiger partial charge in [0.05, 0.1) is 10.9 Å². The molecule has 0 saturated heterocycles. The van der Waals surface area contributed by atoms with Crippen LogP contribution in [0.15, 0.2) is 41.4 Å². The maximum absolute atomic E-state index is 13.9. The molecule has 35 heavy (non-hydrogen) atoms. The van der Waals surface area contributed by atoms with Gasteiger partial charge in [-0.2, -0.15) is 4.72 Å². The van der Waals surface area contributed by atoms with Crippen LogP contribution in [0.4, 0.5) is 0 Å². The van der Waals surface area contributed by atoms with Crippen molar-refractivity contribution in [3.05, 3.63) is 36.5 Å². The van der Waals surface area contributed by atoms with Gasteiger partial charge in [-0.25, -0.2) is 8.42 Å². The first-order chi connectivity index (χ1) is 16.6. The van der Waals surface area contributed by atoms with Crippen molar-refractivity contribution in [1.82, 2.24) is 15.0 Å². The Balaban J connectivity index is 1.31. The predicted octanol–water partition coefficient (Wildman–Crippen LogP) is 2.77. The van der Waals surface area contributed by atoms with Gasteiger partial charge < -0.3 is 11.1 Å². The third-order valence-corrected chi connectivity index (χ3v) is 10.6. The lowest BCUT2D eigenvalue weighted by molar-refractivity contribution is -0.151. The van der Waals surface area contributed by atoms with E-state index in [2.05, 4.69) is 15.0 Å². The van der Waals surface area contributed by atoms with Crippen molar-refractivity contribution in [2.24, 2.45) is 23.0 Å². The van der Waals surface area contributed by atoms with Gasteiger partial charge in [0, 0.05) is 17.1 Å². The van der Waals surface area contributed by atoms with Crippen LogP contribution in [0.25, 0.3) is 10.9 Å². The number of carbonyl (C=O) groups excluding carboxylic acids is 2. The van der Waals surface area contributed by atoms with Gasteiger partial charge in [0.1, 0.15) is 10.4 Å². The molecule has 5 fully saturated rings. The Labute approximate surface area is 205 Å². The van der Waals surface area contributed by atoms with Gasteiger partial charge in [0.15, 0.2) is 0 Å². The summed E-state index contributed by atoms with van der Waals surface area (Å²) in [5, 5.41) is 4.04. The molecule has 2 atom stereocenters. The summed E-state index contributed by atoms with van der Waals surface area (Å²) in [6.07, 6.45) is 8.93. The second kappa shape index (κ2) is 7.74. The van der Waals surface area contributed by atoms with E-state index >= 15 is 0 Å². The van der Waals surface area contributed by atoms with Gasteiger partial charge in [0.25, 0.3) is 0 Å². The van der Waals surface area contributed by atoms with Crippen LogP contribution >= 0.6 is 0 Å². The normalized spacial score (nSPS) is 33.1. The molecule has 1 aromatic heterocycles. The smallest absolute Gasteiger partial charge is 0.243 e. The van der Waals surface area contributed by atoms with Crippen LogP contribution in [0.5, 0.6) is 0 Å². The third kappa shape index (κ3) is 3.66. The Kier molecular flexibility index (Phi) is 5.07. The Morgan fingerprint density at radius 3 is 2.37 bits per heavy atom. The van der Waals surface area contributed by atoms with Gasteiger partial charge in [-0.05, 0) is 75.3 Å². The molecule has 9 heteroatoms. The fourth-order valence-corrected chi connectivity index (χ4v) is 9.62. The van der Waals surface area contributed by atoms with Gasteiger partial charge in [-0.3, -0.25) is 14.6 Å². The number of amides is 2. The minimum Gasteiger partial charge on any atom is -0.369 e. The Hall–Kier alpha value is -2.52. The van der Waals surface area contributed by atoms with E-state index in [9.17, 15) is 18.0 Å². The number of benzene rings is 1. The average Bonchev–Trinajstić information content (AvgIpc) is 3.26. The Bertz CT molecular complexity index is 1300. The van der Waals surface area contributed by atoms with Crippen molar-refractivity contribution in [2.75, 3.05) is 0 Å².